The summed E-state index contributed by atoms with van der Waals surface area (Å²) in [6, 6.07) is 0. The molecule has 74 valence electrons. The van der Waals surface area contributed by atoms with Gasteiger partial charge in [0.05, 0.1) is 0 Å². The van der Waals surface area contributed by atoms with Gasteiger partial charge in [-0.2, -0.15) is 0 Å². The Bertz CT molecular complexity index is 389. The molecule has 0 aromatic carbocycles. The van der Waals surface area contributed by atoms with Crippen molar-refractivity contribution in [1.29, 1.82) is 0 Å². The van der Waals surface area contributed by atoms with Crippen LogP contribution in [0.5, 0.6) is 0 Å². The Morgan fingerprint density at radius 1 is 1.15 bits per heavy atom. The van der Waals surface area contributed by atoms with E-state index in [-0.39, 0.29) is 6.42 Å². The van der Waals surface area contributed by atoms with Crippen LogP contribution in [0, 0.1) is 0 Å². The second kappa shape index (κ2) is 3.23. The van der Waals surface area contributed by atoms with Gasteiger partial charge in [-0.05, 0) is 0 Å². The molecule has 13 heavy (non-hydrogen) atoms. The van der Waals surface area contributed by atoms with Gasteiger partial charge in [0, 0.05) is 0 Å². The molecule has 2 N–H and O–H groups in total. The predicted molar refractivity (Wildman–Crippen MR) is 46.7 cm³/mol. The van der Waals surface area contributed by atoms with Gasteiger partial charge in [0.25, 0.3) is 0 Å². The summed E-state index contributed by atoms with van der Waals surface area (Å²) in [6.07, 6.45) is 1.04. The van der Waals surface area contributed by atoms with Crippen LogP contribution < -0.4 is 0 Å². The van der Waals surface area contributed by atoms with E-state index in [2.05, 4.69) is 0 Å². The van der Waals surface area contributed by atoms with E-state index in [1.807, 2.05) is 0 Å². The fourth-order valence-electron chi connectivity index (χ4n) is 1.16. The molecular formula is C4H7InO6S2. The summed E-state index contributed by atoms with van der Waals surface area (Å²) in [4.78, 5) is 0. The summed E-state index contributed by atoms with van der Waals surface area (Å²) in [6.45, 7) is 0. The van der Waals surface area contributed by atoms with E-state index in [4.69, 9.17) is 9.11 Å². The van der Waals surface area contributed by atoms with Crippen LogP contribution in [0.25, 0.3) is 0 Å². The Labute approximate surface area is 86.9 Å². The number of rotatable bonds is 2. The van der Waals surface area contributed by atoms with Crippen molar-refractivity contribution < 1.29 is 25.9 Å². The molecule has 0 spiro atoms. The molecule has 1 rings (SSSR count). The summed E-state index contributed by atoms with van der Waals surface area (Å²) in [5.41, 5.74) is 0. The molecule has 0 amide bonds. The van der Waals surface area contributed by atoms with Crippen molar-refractivity contribution in [2.24, 2.45) is 0 Å². The first-order valence-electron chi connectivity index (χ1n) is 3.30. The van der Waals surface area contributed by atoms with Crippen molar-refractivity contribution in [2.45, 2.75) is 8.26 Å². The normalized spacial score (nSPS) is 21.4. The van der Waals surface area contributed by atoms with Gasteiger partial charge in [0.1, 0.15) is 0 Å². The molecule has 0 unspecified atom stereocenters. The first-order chi connectivity index (χ1) is 5.71. The van der Waals surface area contributed by atoms with E-state index >= 15 is 0 Å². The second-order valence-electron chi connectivity index (χ2n) is 2.74. The summed E-state index contributed by atoms with van der Waals surface area (Å²) < 4.78 is 60.0. The zero-order chi connectivity index (χ0) is 10.3. The average Bonchev–Trinajstić information content (AvgIpc) is 2.28. The molecule has 0 aliphatic carbocycles. The minimum atomic E-state index is -4.73. The summed E-state index contributed by atoms with van der Waals surface area (Å²) in [5.74, 6) is 0. The number of allylic oxidation sites excluding steroid dienone is 1. The SMILES string of the molecule is O=S(=O)(O)[C]1(S(=O)(=O)O)CC=[CH][InH]1. The van der Waals surface area contributed by atoms with Gasteiger partial charge in [-0.1, -0.05) is 0 Å². The summed E-state index contributed by atoms with van der Waals surface area (Å²) in [7, 11) is -9.46. The van der Waals surface area contributed by atoms with Crippen LogP contribution in [0.1, 0.15) is 6.42 Å². The zero-order valence-electron chi connectivity index (χ0n) is 6.41. The van der Waals surface area contributed by atoms with Crippen LogP contribution in [-0.2, 0) is 20.2 Å². The number of hydrogen-bond acceptors (Lipinski definition) is 4. The minimum absolute atomic E-state index is 0.333. The van der Waals surface area contributed by atoms with Crippen molar-refractivity contribution in [3.63, 3.8) is 0 Å². The zero-order valence-corrected chi connectivity index (χ0v) is 12.1. The average molecular weight is 330 g/mol. The molecule has 1 aliphatic heterocycles. The Hall–Kier alpha value is 0.430. The van der Waals surface area contributed by atoms with Crippen molar-refractivity contribution in [1.82, 2.24) is 0 Å². The fraction of sp³-hybridized carbons (Fsp3) is 0.500. The Morgan fingerprint density at radius 2 is 1.62 bits per heavy atom. The van der Waals surface area contributed by atoms with Gasteiger partial charge in [-0.25, -0.2) is 0 Å². The third-order valence-electron chi connectivity index (χ3n) is 1.96. The summed E-state index contributed by atoms with van der Waals surface area (Å²) >= 11 is -2.37. The third-order valence-corrected chi connectivity index (χ3v) is 18.1. The van der Waals surface area contributed by atoms with Crippen LogP contribution >= 0.6 is 0 Å². The Balaban J connectivity index is 3.37. The van der Waals surface area contributed by atoms with Crippen molar-refractivity contribution in [3.05, 3.63) is 9.91 Å². The molecule has 0 aromatic heterocycles. The van der Waals surface area contributed by atoms with Crippen LogP contribution in [-0.4, -0.2) is 50.7 Å². The van der Waals surface area contributed by atoms with Gasteiger partial charge in [-0.3, -0.25) is 0 Å². The van der Waals surface area contributed by atoms with Crippen LogP contribution in [0.2, 0.25) is 0 Å². The van der Waals surface area contributed by atoms with Crippen molar-refractivity contribution in [3.8, 4) is 0 Å². The Morgan fingerprint density at radius 3 is 1.77 bits per heavy atom. The maximum absolute atomic E-state index is 10.8. The van der Waals surface area contributed by atoms with Crippen LogP contribution in [0.15, 0.2) is 9.91 Å². The molecule has 0 saturated heterocycles. The molecule has 1 heterocycles. The van der Waals surface area contributed by atoms with Crippen LogP contribution in [0.4, 0.5) is 0 Å². The first kappa shape index (κ1) is 11.5. The molecule has 0 fully saturated rings. The van der Waals surface area contributed by atoms with Crippen LogP contribution in [0.3, 0.4) is 0 Å². The van der Waals surface area contributed by atoms with Gasteiger partial charge in [0.2, 0.25) is 0 Å². The summed E-state index contributed by atoms with van der Waals surface area (Å²) in [5, 5.41) is 0. The standard InChI is InChI=1S/C4H6O6S2.In.H/c1-2-3-4(11(5,6)7)12(8,9)10;;/h1-2H,3H2,(H,5,6,7)(H,8,9,10);;. The molecule has 6 nitrogen and oxygen atoms in total. The quantitative estimate of drug-likeness (QED) is 0.614. The van der Waals surface area contributed by atoms with E-state index in [1.165, 1.54) is 9.91 Å². The molecular weight excluding hydrogens is 323 g/mol. The van der Waals surface area contributed by atoms with Gasteiger partial charge < -0.3 is 0 Å². The molecule has 0 saturated carbocycles. The molecule has 0 atom stereocenters. The fourth-order valence-corrected chi connectivity index (χ4v) is 11.1. The second-order valence-corrected chi connectivity index (χ2v) is 15.3. The molecule has 1 aliphatic rings. The van der Waals surface area contributed by atoms with Gasteiger partial charge in [-0.15, -0.1) is 0 Å². The first-order valence-corrected chi connectivity index (χ1v) is 10.5. The van der Waals surface area contributed by atoms with E-state index in [9.17, 15) is 16.8 Å². The van der Waals surface area contributed by atoms with Gasteiger partial charge >= 0.3 is 87.2 Å². The van der Waals surface area contributed by atoms with E-state index in [1.54, 1.807) is 0 Å². The molecule has 0 aromatic rings. The topological polar surface area (TPSA) is 109 Å². The molecule has 9 heteroatoms. The molecule has 0 radical (unpaired) electrons. The van der Waals surface area contributed by atoms with E-state index in [0.717, 1.165) is 0 Å². The monoisotopic (exact) mass is 330 g/mol. The third kappa shape index (κ3) is 1.80. The van der Waals surface area contributed by atoms with Crippen molar-refractivity contribution in [2.75, 3.05) is 0 Å². The molecule has 0 bridgehead atoms. The van der Waals surface area contributed by atoms with E-state index < -0.39 is 45.0 Å². The predicted octanol–water partition coefficient (Wildman–Crippen LogP) is -1.23. The van der Waals surface area contributed by atoms with Crippen molar-refractivity contribution >= 4 is 43.1 Å². The number of hydrogen-bond donors (Lipinski definition) is 2. The maximum atomic E-state index is 10.8. The van der Waals surface area contributed by atoms with Gasteiger partial charge in [0.15, 0.2) is 0 Å². The Kier molecular flexibility index (Phi) is 2.86. The van der Waals surface area contributed by atoms with E-state index in [0.29, 0.717) is 0 Å².